The molecular weight excluding hydrogens is 186 g/mol. The molecule has 1 N–H and O–H groups in total. The predicted octanol–water partition coefficient (Wildman–Crippen LogP) is 2.09. The third-order valence-electron chi connectivity index (χ3n) is 3.80. The first-order chi connectivity index (χ1) is 7.28. The van der Waals surface area contributed by atoms with Crippen LogP contribution in [0.15, 0.2) is 0 Å². The van der Waals surface area contributed by atoms with E-state index < -0.39 is 0 Å². The first-order valence-corrected chi connectivity index (χ1v) is 6.14. The van der Waals surface area contributed by atoms with Crippen molar-refractivity contribution in [1.82, 2.24) is 5.32 Å². The van der Waals surface area contributed by atoms with Crippen LogP contribution < -0.4 is 5.32 Å². The van der Waals surface area contributed by atoms with E-state index in [2.05, 4.69) is 18.2 Å². The van der Waals surface area contributed by atoms with E-state index in [9.17, 15) is 0 Å². The molecule has 0 aromatic rings. The predicted molar refractivity (Wildman–Crippen MR) is 61.6 cm³/mol. The molecule has 2 atom stereocenters. The fourth-order valence-electron chi connectivity index (χ4n) is 2.66. The molecule has 2 rings (SSSR count). The van der Waals surface area contributed by atoms with Crippen molar-refractivity contribution in [3.8, 4) is 12.3 Å². The van der Waals surface area contributed by atoms with E-state index in [4.69, 9.17) is 11.2 Å². The van der Waals surface area contributed by atoms with Crippen molar-refractivity contribution in [3.05, 3.63) is 0 Å². The highest BCUT2D eigenvalue weighted by Gasteiger charge is 2.42. The van der Waals surface area contributed by atoms with Gasteiger partial charge in [0.2, 0.25) is 0 Å². The first kappa shape index (κ1) is 11.0. The van der Waals surface area contributed by atoms with Gasteiger partial charge in [-0.2, -0.15) is 0 Å². The minimum absolute atomic E-state index is 0.225. The molecule has 2 heteroatoms. The molecule has 1 saturated carbocycles. The fourth-order valence-corrected chi connectivity index (χ4v) is 2.66. The van der Waals surface area contributed by atoms with Gasteiger partial charge < -0.3 is 10.1 Å². The fraction of sp³-hybridized carbons (Fsp3) is 0.846. The normalized spacial score (nSPS) is 30.5. The van der Waals surface area contributed by atoms with Gasteiger partial charge in [0, 0.05) is 12.6 Å². The summed E-state index contributed by atoms with van der Waals surface area (Å²) in [6.07, 6.45) is 12.6. The molecule has 2 nitrogen and oxygen atoms in total. The zero-order valence-corrected chi connectivity index (χ0v) is 9.59. The second-order valence-corrected chi connectivity index (χ2v) is 4.87. The summed E-state index contributed by atoms with van der Waals surface area (Å²) in [5, 5.41) is 3.56. The Kier molecular flexibility index (Phi) is 3.33. The molecule has 1 heterocycles. The summed E-state index contributed by atoms with van der Waals surface area (Å²) >= 11 is 0. The second kappa shape index (κ2) is 4.55. The molecule has 2 aliphatic rings. The van der Waals surface area contributed by atoms with Gasteiger partial charge in [0.15, 0.2) is 0 Å². The highest BCUT2D eigenvalue weighted by molar-refractivity contribution is 5.02. The minimum Gasteiger partial charge on any atom is -0.375 e. The Hall–Kier alpha value is -0.520. The van der Waals surface area contributed by atoms with Crippen LogP contribution in [0.3, 0.4) is 0 Å². The summed E-state index contributed by atoms with van der Waals surface area (Å²) in [5.41, 5.74) is 0.225. The standard InChI is InChI=1S/C13H21NO/c1-3-11(4-2)14-12-6-9-15-13(10-12)7-5-8-13/h1,11-12,14H,4-10H2,2H3. The highest BCUT2D eigenvalue weighted by Crippen LogP contribution is 2.42. The van der Waals surface area contributed by atoms with Crippen LogP contribution in [0, 0.1) is 12.3 Å². The molecular formula is C13H21NO. The van der Waals surface area contributed by atoms with Crippen molar-refractivity contribution in [1.29, 1.82) is 0 Å². The summed E-state index contributed by atoms with van der Waals surface area (Å²) in [4.78, 5) is 0. The van der Waals surface area contributed by atoms with Gasteiger partial charge in [0.25, 0.3) is 0 Å². The van der Waals surface area contributed by atoms with E-state index in [0.717, 1.165) is 25.9 Å². The van der Waals surface area contributed by atoms with Crippen LogP contribution in [0.4, 0.5) is 0 Å². The molecule has 84 valence electrons. The molecule has 0 aromatic heterocycles. The van der Waals surface area contributed by atoms with E-state index in [1.165, 1.54) is 19.3 Å². The van der Waals surface area contributed by atoms with Gasteiger partial charge in [-0.1, -0.05) is 12.8 Å². The van der Waals surface area contributed by atoms with E-state index in [-0.39, 0.29) is 11.6 Å². The Morgan fingerprint density at radius 1 is 1.60 bits per heavy atom. The number of hydrogen-bond acceptors (Lipinski definition) is 2. The summed E-state index contributed by atoms with van der Waals surface area (Å²) in [6, 6.07) is 0.810. The van der Waals surface area contributed by atoms with Crippen molar-refractivity contribution >= 4 is 0 Å². The van der Waals surface area contributed by atoms with Gasteiger partial charge in [-0.25, -0.2) is 0 Å². The van der Waals surface area contributed by atoms with E-state index in [1.807, 2.05) is 0 Å². The van der Waals surface area contributed by atoms with Crippen LogP contribution in [-0.4, -0.2) is 24.3 Å². The van der Waals surface area contributed by atoms with Gasteiger partial charge in [0.1, 0.15) is 0 Å². The van der Waals surface area contributed by atoms with Crippen molar-refractivity contribution in [3.63, 3.8) is 0 Å². The van der Waals surface area contributed by atoms with Crippen LogP contribution in [0.25, 0.3) is 0 Å². The van der Waals surface area contributed by atoms with E-state index in [1.54, 1.807) is 0 Å². The minimum atomic E-state index is 0.225. The Balaban J connectivity index is 1.85. The Morgan fingerprint density at radius 3 is 2.93 bits per heavy atom. The Labute approximate surface area is 92.8 Å². The van der Waals surface area contributed by atoms with E-state index >= 15 is 0 Å². The van der Waals surface area contributed by atoms with Crippen LogP contribution >= 0.6 is 0 Å². The van der Waals surface area contributed by atoms with Crippen LogP contribution in [-0.2, 0) is 4.74 Å². The molecule has 2 unspecified atom stereocenters. The summed E-state index contributed by atoms with van der Waals surface area (Å²) in [6.45, 7) is 3.04. The molecule has 0 aromatic carbocycles. The lowest BCUT2D eigenvalue weighted by atomic mass is 9.74. The monoisotopic (exact) mass is 207 g/mol. The number of ether oxygens (including phenoxy) is 1. The molecule has 1 saturated heterocycles. The molecule has 1 aliphatic heterocycles. The number of nitrogens with one attached hydrogen (secondary N) is 1. The molecule has 0 bridgehead atoms. The zero-order chi connectivity index (χ0) is 10.7. The number of terminal acetylenes is 1. The van der Waals surface area contributed by atoms with Gasteiger partial charge in [-0.3, -0.25) is 0 Å². The Morgan fingerprint density at radius 2 is 2.40 bits per heavy atom. The lowest BCUT2D eigenvalue weighted by molar-refractivity contribution is -0.136. The third kappa shape index (κ3) is 2.35. The van der Waals surface area contributed by atoms with Gasteiger partial charge in [-0.15, -0.1) is 6.42 Å². The smallest absolute Gasteiger partial charge is 0.0697 e. The quantitative estimate of drug-likeness (QED) is 0.715. The topological polar surface area (TPSA) is 21.3 Å². The van der Waals surface area contributed by atoms with Crippen molar-refractivity contribution < 1.29 is 4.74 Å². The van der Waals surface area contributed by atoms with Gasteiger partial charge in [-0.05, 0) is 38.5 Å². The van der Waals surface area contributed by atoms with Crippen molar-refractivity contribution in [2.24, 2.45) is 0 Å². The molecule has 1 spiro atoms. The largest absolute Gasteiger partial charge is 0.375 e. The van der Waals surface area contributed by atoms with Crippen molar-refractivity contribution in [2.45, 2.75) is 63.1 Å². The second-order valence-electron chi connectivity index (χ2n) is 4.87. The van der Waals surface area contributed by atoms with Crippen molar-refractivity contribution in [2.75, 3.05) is 6.61 Å². The molecule has 1 aliphatic carbocycles. The maximum absolute atomic E-state index is 5.89. The highest BCUT2D eigenvalue weighted by atomic mass is 16.5. The first-order valence-electron chi connectivity index (χ1n) is 6.14. The average Bonchev–Trinajstić information content (AvgIpc) is 2.24. The summed E-state index contributed by atoms with van der Waals surface area (Å²) in [7, 11) is 0. The number of hydrogen-bond donors (Lipinski definition) is 1. The maximum Gasteiger partial charge on any atom is 0.0697 e. The summed E-state index contributed by atoms with van der Waals surface area (Å²) < 4.78 is 5.89. The van der Waals surface area contributed by atoms with Gasteiger partial charge in [0.05, 0.1) is 11.6 Å². The van der Waals surface area contributed by atoms with Crippen LogP contribution in [0.5, 0.6) is 0 Å². The van der Waals surface area contributed by atoms with Gasteiger partial charge >= 0.3 is 0 Å². The third-order valence-corrected chi connectivity index (χ3v) is 3.80. The van der Waals surface area contributed by atoms with Crippen LogP contribution in [0.1, 0.15) is 45.4 Å². The van der Waals surface area contributed by atoms with Crippen LogP contribution in [0.2, 0.25) is 0 Å². The zero-order valence-electron chi connectivity index (χ0n) is 9.59. The SMILES string of the molecule is C#CC(CC)NC1CCOC2(CCC2)C1. The lowest BCUT2D eigenvalue weighted by Gasteiger charge is -2.47. The molecule has 15 heavy (non-hydrogen) atoms. The maximum atomic E-state index is 5.89. The molecule has 0 amide bonds. The van der Waals surface area contributed by atoms with E-state index in [0.29, 0.717) is 6.04 Å². The number of rotatable bonds is 3. The lowest BCUT2D eigenvalue weighted by Crippen LogP contribution is -2.52. The Bertz CT molecular complexity index is 252. The summed E-state index contributed by atoms with van der Waals surface area (Å²) in [5.74, 6) is 2.81. The average molecular weight is 207 g/mol. The molecule has 0 radical (unpaired) electrons. The molecule has 2 fully saturated rings.